The van der Waals surface area contributed by atoms with Gasteiger partial charge in [0.05, 0.1) is 6.61 Å². The molecule has 0 fully saturated rings. The summed E-state index contributed by atoms with van der Waals surface area (Å²) in [5, 5.41) is 9.16. The SMILES string of the molecule is Cn1cccc(C(=O)N(CCO)Cc2ccccc2)c1=O. The van der Waals surface area contributed by atoms with Gasteiger partial charge in [0.2, 0.25) is 0 Å². The van der Waals surface area contributed by atoms with Crippen LogP contribution in [0.25, 0.3) is 0 Å². The molecule has 2 rings (SSSR count). The lowest BCUT2D eigenvalue weighted by atomic mass is 10.2. The molecule has 5 nitrogen and oxygen atoms in total. The van der Waals surface area contributed by atoms with Crippen molar-refractivity contribution in [3.8, 4) is 0 Å². The molecule has 0 saturated heterocycles. The van der Waals surface area contributed by atoms with E-state index >= 15 is 0 Å². The van der Waals surface area contributed by atoms with E-state index in [0.717, 1.165) is 5.56 Å². The maximum absolute atomic E-state index is 12.5. The van der Waals surface area contributed by atoms with Gasteiger partial charge in [0.15, 0.2) is 0 Å². The Bertz CT molecular complexity index is 665. The number of rotatable bonds is 5. The zero-order valence-electron chi connectivity index (χ0n) is 11.9. The monoisotopic (exact) mass is 286 g/mol. The lowest BCUT2D eigenvalue weighted by Gasteiger charge is -2.21. The second-order valence-corrected chi connectivity index (χ2v) is 4.77. The molecule has 0 radical (unpaired) electrons. The third-order valence-corrected chi connectivity index (χ3v) is 3.23. The predicted molar refractivity (Wildman–Crippen MR) is 80.0 cm³/mol. The van der Waals surface area contributed by atoms with Gasteiger partial charge in [-0.15, -0.1) is 0 Å². The quantitative estimate of drug-likeness (QED) is 0.892. The van der Waals surface area contributed by atoms with E-state index in [1.807, 2.05) is 30.3 Å². The number of carbonyl (C=O) groups excluding carboxylic acids is 1. The van der Waals surface area contributed by atoms with Crippen molar-refractivity contribution < 1.29 is 9.90 Å². The minimum Gasteiger partial charge on any atom is -0.395 e. The summed E-state index contributed by atoms with van der Waals surface area (Å²) in [7, 11) is 1.60. The lowest BCUT2D eigenvalue weighted by Crippen LogP contribution is -2.37. The number of aliphatic hydroxyl groups excluding tert-OH is 1. The smallest absolute Gasteiger partial charge is 0.263 e. The van der Waals surface area contributed by atoms with Crippen LogP contribution in [0.4, 0.5) is 0 Å². The van der Waals surface area contributed by atoms with E-state index < -0.39 is 0 Å². The highest BCUT2D eigenvalue weighted by Gasteiger charge is 2.19. The Morgan fingerprint density at radius 1 is 1.19 bits per heavy atom. The van der Waals surface area contributed by atoms with Crippen LogP contribution in [0.2, 0.25) is 0 Å². The average Bonchev–Trinajstić information content (AvgIpc) is 2.50. The fraction of sp³-hybridized carbons (Fsp3) is 0.250. The Hall–Kier alpha value is -2.40. The van der Waals surface area contributed by atoms with Crippen LogP contribution in [0.3, 0.4) is 0 Å². The zero-order valence-corrected chi connectivity index (χ0v) is 11.9. The zero-order chi connectivity index (χ0) is 15.2. The van der Waals surface area contributed by atoms with Crippen molar-refractivity contribution in [2.75, 3.05) is 13.2 Å². The molecule has 21 heavy (non-hydrogen) atoms. The minimum absolute atomic E-state index is 0.115. The van der Waals surface area contributed by atoms with Crippen molar-refractivity contribution in [1.29, 1.82) is 0 Å². The third-order valence-electron chi connectivity index (χ3n) is 3.23. The molecule has 0 atom stereocenters. The van der Waals surface area contributed by atoms with E-state index in [1.165, 1.54) is 15.5 Å². The fourth-order valence-corrected chi connectivity index (χ4v) is 2.11. The van der Waals surface area contributed by atoms with Crippen molar-refractivity contribution >= 4 is 5.91 Å². The van der Waals surface area contributed by atoms with Crippen molar-refractivity contribution in [2.24, 2.45) is 7.05 Å². The second kappa shape index (κ2) is 6.85. The average molecular weight is 286 g/mol. The lowest BCUT2D eigenvalue weighted by molar-refractivity contribution is 0.0705. The summed E-state index contributed by atoms with van der Waals surface area (Å²) in [6, 6.07) is 12.7. The van der Waals surface area contributed by atoms with E-state index in [-0.39, 0.29) is 30.2 Å². The number of pyridine rings is 1. The van der Waals surface area contributed by atoms with E-state index in [0.29, 0.717) is 6.54 Å². The molecule has 2 aromatic rings. The molecule has 0 unspecified atom stereocenters. The second-order valence-electron chi connectivity index (χ2n) is 4.77. The van der Waals surface area contributed by atoms with E-state index in [2.05, 4.69) is 0 Å². The van der Waals surface area contributed by atoms with Gasteiger partial charge >= 0.3 is 0 Å². The first kappa shape index (κ1) is 15.0. The summed E-state index contributed by atoms with van der Waals surface area (Å²) in [5.41, 5.74) is 0.731. The Balaban J connectivity index is 2.27. The van der Waals surface area contributed by atoms with Gasteiger partial charge in [-0.05, 0) is 17.7 Å². The van der Waals surface area contributed by atoms with E-state index in [9.17, 15) is 9.59 Å². The Labute approximate surface area is 123 Å². The highest BCUT2D eigenvalue weighted by atomic mass is 16.3. The standard InChI is InChI=1S/C16H18N2O3/c1-17-9-5-8-14(15(17)20)16(21)18(10-11-19)12-13-6-3-2-4-7-13/h2-9,19H,10-12H2,1H3. The highest BCUT2D eigenvalue weighted by molar-refractivity contribution is 5.93. The molecule has 0 spiro atoms. The molecule has 1 heterocycles. The molecule has 5 heteroatoms. The van der Waals surface area contributed by atoms with E-state index in [4.69, 9.17) is 5.11 Å². The van der Waals surface area contributed by atoms with Gasteiger partial charge in [0.25, 0.3) is 11.5 Å². The highest BCUT2D eigenvalue weighted by Crippen LogP contribution is 2.07. The number of aryl methyl sites for hydroxylation is 1. The molecule has 1 aromatic heterocycles. The number of amides is 1. The molecule has 0 bridgehead atoms. The number of hydrogen-bond acceptors (Lipinski definition) is 3. The molecule has 0 aliphatic heterocycles. The van der Waals surface area contributed by atoms with Crippen molar-refractivity contribution in [3.63, 3.8) is 0 Å². The third kappa shape index (κ3) is 3.58. The molecular formula is C16H18N2O3. The molecule has 0 aliphatic rings. The summed E-state index contributed by atoms with van der Waals surface area (Å²) in [5.74, 6) is -0.367. The number of carbonyl (C=O) groups is 1. The number of nitrogens with zero attached hydrogens (tertiary/aromatic N) is 2. The maximum Gasteiger partial charge on any atom is 0.263 e. The summed E-state index contributed by atoms with van der Waals surface area (Å²) in [6.07, 6.45) is 1.60. The topological polar surface area (TPSA) is 62.5 Å². The van der Waals surface area contributed by atoms with Crippen LogP contribution in [0.1, 0.15) is 15.9 Å². The van der Waals surface area contributed by atoms with Crippen molar-refractivity contribution in [3.05, 3.63) is 70.1 Å². The number of benzene rings is 1. The van der Waals surface area contributed by atoms with Crippen LogP contribution in [0.15, 0.2) is 53.5 Å². The molecule has 110 valence electrons. The maximum atomic E-state index is 12.5. The van der Waals surface area contributed by atoms with Gasteiger partial charge in [-0.25, -0.2) is 0 Å². The summed E-state index contributed by atoms with van der Waals surface area (Å²) >= 11 is 0. The largest absolute Gasteiger partial charge is 0.395 e. The Morgan fingerprint density at radius 2 is 1.90 bits per heavy atom. The normalized spacial score (nSPS) is 10.4. The fourth-order valence-electron chi connectivity index (χ4n) is 2.11. The summed E-state index contributed by atoms with van der Waals surface area (Å²) < 4.78 is 1.37. The number of aliphatic hydroxyl groups is 1. The molecule has 0 aliphatic carbocycles. The first-order chi connectivity index (χ1) is 10.1. The Morgan fingerprint density at radius 3 is 2.57 bits per heavy atom. The van der Waals surface area contributed by atoms with Crippen LogP contribution in [-0.2, 0) is 13.6 Å². The molecule has 0 saturated carbocycles. The molecule has 1 N–H and O–H groups in total. The first-order valence-electron chi connectivity index (χ1n) is 6.73. The molecule has 1 aromatic carbocycles. The van der Waals surface area contributed by atoms with Gasteiger partial charge in [0.1, 0.15) is 5.56 Å². The van der Waals surface area contributed by atoms with Gasteiger partial charge in [0, 0.05) is 26.3 Å². The van der Waals surface area contributed by atoms with Crippen LogP contribution >= 0.6 is 0 Å². The van der Waals surface area contributed by atoms with E-state index in [1.54, 1.807) is 19.3 Å². The van der Waals surface area contributed by atoms with Gasteiger partial charge < -0.3 is 14.6 Å². The molecular weight excluding hydrogens is 268 g/mol. The van der Waals surface area contributed by atoms with Crippen LogP contribution < -0.4 is 5.56 Å². The number of aromatic nitrogens is 1. The van der Waals surface area contributed by atoms with Gasteiger partial charge in [-0.2, -0.15) is 0 Å². The van der Waals surface area contributed by atoms with Crippen LogP contribution in [-0.4, -0.2) is 33.6 Å². The Kier molecular flexibility index (Phi) is 4.90. The minimum atomic E-state index is -0.367. The van der Waals surface area contributed by atoms with Crippen LogP contribution in [0, 0.1) is 0 Å². The predicted octanol–water partition coefficient (Wildman–Crippen LogP) is 1.02. The number of hydrogen-bond donors (Lipinski definition) is 1. The summed E-state index contributed by atoms with van der Waals surface area (Å²) in [6.45, 7) is 0.399. The first-order valence-corrected chi connectivity index (χ1v) is 6.73. The van der Waals surface area contributed by atoms with Crippen LogP contribution in [0.5, 0.6) is 0 Å². The summed E-state index contributed by atoms with van der Waals surface area (Å²) in [4.78, 5) is 26.0. The van der Waals surface area contributed by atoms with Crippen molar-refractivity contribution in [1.82, 2.24) is 9.47 Å². The van der Waals surface area contributed by atoms with Crippen molar-refractivity contribution in [2.45, 2.75) is 6.54 Å². The van der Waals surface area contributed by atoms with Gasteiger partial charge in [-0.1, -0.05) is 30.3 Å². The molecule has 1 amide bonds. The van der Waals surface area contributed by atoms with Gasteiger partial charge in [-0.3, -0.25) is 9.59 Å².